The summed E-state index contributed by atoms with van der Waals surface area (Å²) in [6.45, 7) is 0. The van der Waals surface area contributed by atoms with Crippen LogP contribution in [0.2, 0.25) is 5.02 Å². The molecule has 0 aliphatic heterocycles. The second kappa shape index (κ2) is 5.74. The predicted octanol–water partition coefficient (Wildman–Crippen LogP) is 2.31. The van der Waals surface area contributed by atoms with Gasteiger partial charge >= 0.3 is 0 Å². The first kappa shape index (κ1) is 14.7. The highest BCUT2D eigenvalue weighted by Crippen LogP contribution is 2.27. The zero-order valence-electron chi connectivity index (χ0n) is 9.75. The minimum absolute atomic E-state index is 0.0814. The number of nitrogens with one attached hydrogen (secondary N) is 1. The van der Waals surface area contributed by atoms with Crippen molar-refractivity contribution in [3.05, 3.63) is 47.5 Å². The molecule has 0 radical (unpaired) electrons. The normalized spacial score (nSPS) is 11.1. The van der Waals surface area contributed by atoms with Crippen LogP contribution in [0.1, 0.15) is 10.4 Å². The largest absolute Gasteiger partial charge is 0.322 e. The summed E-state index contributed by atoms with van der Waals surface area (Å²) in [5.74, 6) is -0.442. The van der Waals surface area contributed by atoms with E-state index in [9.17, 15) is 13.2 Å². The van der Waals surface area contributed by atoms with Gasteiger partial charge in [-0.25, -0.2) is 18.4 Å². The van der Waals surface area contributed by atoms with Gasteiger partial charge in [-0.3, -0.25) is 4.79 Å². The average Bonchev–Trinajstić information content (AvgIpc) is 2.38. The number of halogens is 2. The molecule has 6 nitrogen and oxygen atoms in total. The van der Waals surface area contributed by atoms with E-state index in [-0.39, 0.29) is 15.5 Å². The van der Waals surface area contributed by atoms with Crippen LogP contribution in [0.15, 0.2) is 41.8 Å². The third-order valence-corrected chi connectivity index (χ3v) is 4.08. The molecule has 0 saturated heterocycles. The number of hydrogen-bond acceptors (Lipinski definition) is 5. The molecule has 20 heavy (non-hydrogen) atoms. The van der Waals surface area contributed by atoms with Gasteiger partial charge in [0, 0.05) is 28.8 Å². The van der Waals surface area contributed by atoms with Crippen molar-refractivity contribution >= 4 is 42.9 Å². The van der Waals surface area contributed by atoms with Crippen LogP contribution in [-0.4, -0.2) is 24.3 Å². The van der Waals surface area contributed by atoms with E-state index < -0.39 is 15.0 Å². The molecule has 104 valence electrons. The highest BCUT2D eigenvalue weighted by Gasteiger charge is 2.15. The van der Waals surface area contributed by atoms with Crippen molar-refractivity contribution in [2.75, 3.05) is 5.32 Å². The summed E-state index contributed by atoms with van der Waals surface area (Å²) in [6.07, 6.45) is 4.00. The Hall–Kier alpha value is -1.70. The maximum Gasteiger partial charge on any atom is 0.262 e. The Morgan fingerprint density at radius 3 is 2.40 bits per heavy atom. The molecule has 1 N–H and O–H groups in total. The lowest BCUT2D eigenvalue weighted by Gasteiger charge is -2.06. The Labute approximate surface area is 124 Å². The SMILES string of the molecule is O=C(Nc1ccc(S(=O)(=O)Cl)c(Cl)c1)c1cncnc1. The van der Waals surface area contributed by atoms with Crippen molar-refractivity contribution in [2.45, 2.75) is 4.90 Å². The maximum absolute atomic E-state index is 11.8. The summed E-state index contributed by atoms with van der Waals surface area (Å²) < 4.78 is 22.4. The van der Waals surface area contributed by atoms with E-state index in [0.717, 1.165) is 0 Å². The summed E-state index contributed by atoms with van der Waals surface area (Å²) in [4.78, 5) is 19.0. The minimum atomic E-state index is -3.92. The topological polar surface area (TPSA) is 89.0 Å². The van der Waals surface area contributed by atoms with Crippen LogP contribution in [-0.2, 0) is 9.05 Å². The monoisotopic (exact) mass is 331 g/mol. The number of carbonyl (C=O) groups is 1. The molecular formula is C11H7Cl2N3O3S. The van der Waals surface area contributed by atoms with Crippen molar-refractivity contribution < 1.29 is 13.2 Å². The zero-order valence-corrected chi connectivity index (χ0v) is 12.1. The highest BCUT2D eigenvalue weighted by atomic mass is 35.7. The van der Waals surface area contributed by atoms with E-state index in [2.05, 4.69) is 15.3 Å². The Morgan fingerprint density at radius 1 is 1.20 bits per heavy atom. The van der Waals surface area contributed by atoms with E-state index in [1.807, 2.05) is 0 Å². The lowest BCUT2D eigenvalue weighted by Crippen LogP contribution is -2.12. The number of aromatic nitrogens is 2. The average molecular weight is 332 g/mol. The molecule has 0 aliphatic carbocycles. The molecule has 2 rings (SSSR count). The molecule has 0 atom stereocenters. The van der Waals surface area contributed by atoms with Gasteiger partial charge in [0.2, 0.25) is 0 Å². The van der Waals surface area contributed by atoms with Crippen LogP contribution >= 0.6 is 22.3 Å². The van der Waals surface area contributed by atoms with Gasteiger partial charge in [0.25, 0.3) is 15.0 Å². The summed E-state index contributed by atoms with van der Waals surface area (Å²) in [7, 11) is 1.28. The zero-order chi connectivity index (χ0) is 14.8. The van der Waals surface area contributed by atoms with Crippen molar-refractivity contribution in [1.29, 1.82) is 0 Å². The summed E-state index contributed by atoms with van der Waals surface area (Å²) >= 11 is 5.80. The molecule has 9 heteroatoms. The van der Waals surface area contributed by atoms with Crippen LogP contribution in [0, 0.1) is 0 Å². The Morgan fingerprint density at radius 2 is 1.85 bits per heavy atom. The third-order valence-electron chi connectivity index (χ3n) is 2.28. The van der Waals surface area contributed by atoms with Gasteiger partial charge in [-0.1, -0.05) is 11.6 Å². The van der Waals surface area contributed by atoms with Gasteiger partial charge < -0.3 is 5.32 Å². The van der Waals surface area contributed by atoms with Crippen molar-refractivity contribution in [1.82, 2.24) is 9.97 Å². The second-order valence-corrected chi connectivity index (χ2v) is 6.61. The Kier molecular flexibility index (Phi) is 4.22. The number of carbonyl (C=O) groups excluding carboxylic acids is 1. The van der Waals surface area contributed by atoms with E-state index >= 15 is 0 Å². The van der Waals surface area contributed by atoms with Gasteiger partial charge in [-0.2, -0.15) is 0 Å². The summed E-state index contributed by atoms with van der Waals surface area (Å²) in [5.41, 5.74) is 0.589. The molecule has 1 aromatic carbocycles. The molecule has 1 heterocycles. The first-order chi connectivity index (χ1) is 9.38. The van der Waals surface area contributed by atoms with Crippen LogP contribution in [0.25, 0.3) is 0 Å². The molecule has 0 unspecified atom stereocenters. The van der Waals surface area contributed by atoms with Crippen LogP contribution in [0.4, 0.5) is 5.69 Å². The van der Waals surface area contributed by atoms with E-state index in [4.69, 9.17) is 22.3 Å². The van der Waals surface area contributed by atoms with Gasteiger partial charge in [0.05, 0.1) is 10.6 Å². The summed E-state index contributed by atoms with van der Waals surface area (Å²) in [5, 5.41) is 2.46. The second-order valence-electron chi connectivity index (χ2n) is 3.66. The molecule has 0 aliphatic rings. The van der Waals surface area contributed by atoms with Gasteiger partial charge in [-0.15, -0.1) is 0 Å². The number of hydrogen-bond donors (Lipinski definition) is 1. The molecule has 2 aromatic rings. The number of rotatable bonds is 3. The lowest BCUT2D eigenvalue weighted by molar-refractivity contribution is 0.102. The van der Waals surface area contributed by atoms with Gasteiger partial charge in [0.15, 0.2) is 0 Å². The van der Waals surface area contributed by atoms with E-state index in [1.54, 1.807) is 0 Å². The smallest absolute Gasteiger partial charge is 0.262 e. The molecular weight excluding hydrogens is 325 g/mol. The maximum atomic E-state index is 11.8. The number of amides is 1. The Balaban J connectivity index is 2.24. The predicted molar refractivity (Wildman–Crippen MR) is 74.5 cm³/mol. The fourth-order valence-corrected chi connectivity index (χ4v) is 2.93. The first-order valence-electron chi connectivity index (χ1n) is 5.18. The third kappa shape index (κ3) is 3.44. The summed E-state index contributed by atoms with van der Waals surface area (Å²) in [6, 6.07) is 3.88. The lowest BCUT2D eigenvalue weighted by atomic mass is 10.3. The van der Waals surface area contributed by atoms with E-state index in [1.165, 1.54) is 36.9 Å². The fraction of sp³-hybridized carbons (Fsp3) is 0. The molecule has 0 bridgehead atoms. The van der Waals surface area contributed by atoms with Gasteiger partial charge in [-0.05, 0) is 18.2 Å². The Bertz CT molecular complexity index is 751. The van der Waals surface area contributed by atoms with Crippen molar-refractivity contribution in [3.8, 4) is 0 Å². The quantitative estimate of drug-likeness (QED) is 0.871. The molecule has 1 amide bonds. The molecule has 1 aromatic heterocycles. The van der Waals surface area contributed by atoms with Crippen LogP contribution in [0.5, 0.6) is 0 Å². The molecule has 0 spiro atoms. The van der Waals surface area contributed by atoms with Crippen LogP contribution in [0.3, 0.4) is 0 Å². The highest BCUT2D eigenvalue weighted by molar-refractivity contribution is 8.13. The number of benzene rings is 1. The molecule has 0 fully saturated rings. The van der Waals surface area contributed by atoms with E-state index in [0.29, 0.717) is 5.69 Å². The standard InChI is InChI=1S/C11H7Cl2N3O3S/c12-9-3-8(1-2-10(9)20(13,18)19)16-11(17)7-4-14-6-15-5-7/h1-6H,(H,16,17). The van der Waals surface area contributed by atoms with Crippen molar-refractivity contribution in [3.63, 3.8) is 0 Å². The number of anilines is 1. The van der Waals surface area contributed by atoms with Gasteiger partial charge in [0.1, 0.15) is 11.2 Å². The van der Waals surface area contributed by atoms with Crippen molar-refractivity contribution in [2.24, 2.45) is 0 Å². The van der Waals surface area contributed by atoms with Crippen LogP contribution < -0.4 is 5.32 Å². The first-order valence-corrected chi connectivity index (χ1v) is 7.87. The fourth-order valence-electron chi connectivity index (χ4n) is 1.40. The minimum Gasteiger partial charge on any atom is -0.322 e. The molecule has 0 saturated carbocycles. The number of nitrogens with zero attached hydrogens (tertiary/aromatic N) is 2.